The van der Waals surface area contributed by atoms with Crippen molar-refractivity contribution in [3.05, 3.63) is 206 Å². The second-order valence-electron chi connectivity index (χ2n) is 17.2. The lowest BCUT2D eigenvalue weighted by Gasteiger charge is -2.14. The largest absolute Gasteiger partial charge is 0.493 e. The maximum Gasteiger partial charge on any atom is 0.203 e. The third-order valence-corrected chi connectivity index (χ3v) is 11.6. The maximum atomic E-state index is 5.87. The van der Waals surface area contributed by atoms with Crippen molar-refractivity contribution in [3.8, 4) is 46.0 Å². The van der Waals surface area contributed by atoms with Crippen molar-refractivity contribution in [2.24, 2.45) is 0 Å². The minimum Gasteiger partial charge on any atom is -0.493 e. The zero-order chi connectivity index (χ0) is 63.6. The number of halogens is 3. The molecule has 7 aromatic carbocycles. The Hall–Kier alpha value is -6.97. The molecule has 86 heavy (non-hydrogen) atoms. The minimum absolute atomic E-state index is 0.165. The number of hydrogen-bond acceptors (Lipinski definition) is 17. The van der Waals surface area contributed by atoms with Gasteiger partial charge in [-0.25, -0.2) is 0 Å². The van der Waals surface area contributed by atoms with E-state index in [1.54, 1.807) is 114 Å². The first-order valence-corrected chi connectivity index (χ1v) is 27.5. The lowest BCUT2D eigenvalue weighted by atomic mass is 10.2. The second kappa shape index (κ2) is 50.2. The van der Waals surface area contributed by atoms with E-state index in [9.17, 15) is 0 Å². The summed E-state index contributed by atoms with van der Waals surface area (Å²) in [4.78, 5) is 0. The number of ether oxygens (including phenoxy) is 17. The molecular formula is C66H85Cl3O17. The van der Waals surface area contributed by atoms with Crippen LogP contribution in [-0.4, -0.2) is 119 Å². The van der Waals surface area contributed by atoms with Gasteiger partial charge in [-0.05, 0) is 99.0 Å². The molecule has 7 aromatic rings. The monoisotopic (exact) mass is 1250 g/mol. The number of rotatable bonds is 26. The molecule has 7 rings (SSSR count). The van der Waals surface area contributed by atoms with E-state index in [0.717, 1.165) is 28.4 Å². The number of benzene rings is 7. The minimum atomic E-state index is 0.165. The standard InChI is InChI=1S/C11H16O5.C10H14O2.C10H12O2.C9H11ClO2.2C9H12O2.C8H8Cl2O2/c1-12-7-16-8-5-9(13-2)11(15-4)10(6-8)14-3;1-9-3-5-10(6-4-9)7-12-8-11-2;1-11-9-12-8-7-10-5-3-2-4-6-10;1-7-3-4-8(5-9(7)10)12-6-11-2;2*1-8-3-5-9(6-4-8)11-7-10-2;1-11-5-12-7-4-2-3-6(9)8(7)10/h5-6H,7H2,1-4H3;3-6H,7-8H2,1-2H3;2-8H,9H2,1H3;3-5H,6H2,1-2H3;2*3-6H,7H2,1-2H3;2-4H,5H2,1H3. The van der Waals surface area contributed by atoms with Gasteiger partial charge in [-0.3, -0.25) is 0 Å². The Morgan fingerprint density at radius 2 is 0.802 bits per heavy atom. The Morgan fingerprint density at radius 3 is 1.26 bits per heavy atom. The predicted octanol–water partition coefficient (Wildman–Crippen LogP) is 15.7. The molecule has 0 bridgehead atoms. The molecule has 0 unspecified atom stereocenters. The van der Waals surface area contributed by atoms with Gasteiger partial charge in [-0.2, -0.15) is 0 Å². The summed E-state index contributed by atoms with van der Waals surface area (Å²) in [6.45, 7) is 10.6. The van der Waals surface area contributed by atoms with E-state index in [4.69, 9.17) is 115 Å². The van der Waals surface area contributed by atoms with Gasteiger partial charge in [0, 0.05) is 66.9 Å². The average Bonchev–Trinajstić information content (AvgIpc) is 3.24. The van der Waals surface area contributed by atoms with Crippen molar-refractivity contribution in [2.75, 3.05) is 119 Å². The van der Waals surface area contributed by atoms with Crippen molar-refractivity contribution < 1.29 is 80.5 Å². The highest BCUT2D eigenvalue weighted by Gasteiger charge is 2.14. The van der Waals surface area contributed by atoms with E-state index < -0.39 is 0 Å². The maximum absolute atomic E-state index is 5.87. The lowest BCUT2D eigenvalue weighted by Crippen LogP contribution is -2.01. The van der Waals surface area contributed by atoms with Crippen LogP contribution >= 0.6 is 34.8 Å². The second-order valence-corrected chi connectivity index (χ2v) is 18.4. The van der Waals surface area contributed by atoms with Crippen LogP contribution in [0, 0.1) is 27.7 Å². The predicted molar refractivity (Wildman–Crippen MR) is 340 cm³/mol. The number of aryl methyl sites for hydroxylation is 4. The summed E-state index contributed by atoms with van der Waals surface area (Å²) in [5.74, 6) is 5.18. The molecule has 0 aliphatic heterocycles. The van der Waals surface area contributed by atoms with Crippen molar-refractivity contribution in [3.63, 3.8) is 0 Å². The number of hydrogen-bond donors (Lipinski definition) is 0. The topological polar surface area (TPSA) is 157 Å². The quantitative estimate of drug-likeness (QED) is 0.0286. The van der Waals surface area contributed by atoms with E-state index in [1.165, 1.54) is 22.3 Å². The Kier molecular flexibility index (Phi) is 45.0. The lowest BCUT2D eigenvalue weighted by molar-refractivity contribution is -0.0390. The molecule has 0 aromatic heterocycles. The van der Waals surface area contributed by atoms with Crippen LogP contribution in [0.15, 0.2) is 158 Å². The first-order chi connectivity index (χ1) is 41.7. The van der Waals surface area contributed by atoms with E-state index >= 15 is 0 Å². The van der Waals surface area contributed by atoms with Gasteiger partial charge in [0.05, 0.1) is 39.2 Å². The third kappa shape index (κ3) is 36.1. The summed E-state index contributed by atoms with van der Waals surface area (Å²) in [5, 5.41) is 1.60. The molecule has 0 fully saturated rings. The third-order valence-electron chi connectivity index (χ3n) is 10.4. The molecule has 0 atom stereocenters. The molecular weight excluding hydrogens is 1170 g/mol. The van der Waals surface area contributed by atoms with Crippen LogP contribution in [-0.2, 0) is 49.2 Å². The molecule has 0 aliphatic carbocycles. The highest BCUT2D eigenvalue weighted by Crippen LogP contribution is 2.41. The molecule has 17 nitrogen and oxygen atoms in total. The Labute approximate surface area is 524 Å². The molecule has 0 heterocycles. The Balaban J connectivity index is 0.000000503. The van der Waals surface area contributed by atoms with Crippen LogP contribution in [0.1, 0.15) is 33.4 Å². The summed E-state index contributed by atoms with van der Waals surface area (Å²) in [6.07, 6.45) is 3.51. The Bertz CT molecular complexity index is 2720. The van der Waals surface area contributed by atoms with Gasteiger partial charge < -0.3 is 80.5 Å². The first-order valence-electron chi connectivity index (χ1n) is 26.3. The van der Waals surface area contributed by atoms with Crippen molar-refractivity contribution in [1.82, 2.24) is 0 Å². The molecule has 0 saturated carbocycles. The SMILES string of the molecule is COCOC=Cc1ccccc1.COCOCc1ccc(C)cc1.COCOc1cc(OC)c(OC)c(OC)c1.COCOc1ccc(C)c(Cl)c1.COCOc1ccc(C)cc1.COCOc1ccc(C)cc1.COCOc1cccc(Cl)c1Cl. The molecule has 0 amide bonds. The summed E-state index contributed by atoms with van der Waals surface area (Å²) < 4.78 is 84.9. The van der Waals surface area contributed by atoms with E-state index in [1.807, 2.05) is 118 Å². The van der Waals surface area contributed by atoms with Crippen molar-refractivity contribution in [2.45, 2.75) is 34.3 Å². The first kappa shape index (κ1) is 77.0. The van der Waals surface area contributed by atoms with Gasteiger partial charge in [-0.15, -0.1) is 0 Å². The van der Waals surface area contributed by atoms with Crippen LogP contribution in [0.2, 0.25) is 15.1 Å². The highest BCUT2D eigenvalue weighted by atomic mass is 35.5. The van der Waals surface area contributed by atoms with Gasteiger partial charge in [0.15, 0.2) is 52.3 Å². The number of methoxy groups -OCH3 is 10. The van der Waals surface area contributed by atoms with Gasteiger partial charge in [-0.1, -0.05) is 142 Å². The molecule has 0 aliphatic rings. The zero-order valence-corrected chi connectivity index (χ0v) is 54.1. The normalized spacial score (nSPS) is 9.92. The summed E-state index contributed by atoms with van der Waals surface area (Å²) in [5.41, 5.74) is 7.07. The van der Waals surface area contributed by atoms with E-state index in [-0.39, 0.29) is 20.4 Å². The fourth-order valence-electron chi connectivity index (χ4n) is 6.02. The van der Waals surface area contributed by atoms with Crippen LogP contribution in [0.4, 0.5) is 0 Å². The molecule has 0 spiro atoms. The highest BCUT2D eigenvalue weighted by molar-refractivity contribution is 6.42. The summed E-state index contributed by atoms with van der Waals surface area (Å²) in [6, 6.07) is 48.1. The molecule has 0 radical (unpaired) electrons. The van der Waals surface area contributed by atoms with E-state index in [2.05, 4.69) is 31.2 Å². The van der Waals surface area contributed by atoms with Gasteiger partial charge in [0.25, 0.3) is 0 Å². The smallest absolute Gasteiger partial charge is 0.203 e. The average molecular weight is 1260 g/mol. The Morgan fingerprint density at radius 1 is 0.360 bits per heavy atom. The zero-order valence-electron chi connectivity index (χ0n) is 51.8. The van der Waals surface area contributed by atoms with Gasteiger partial charge in [0.1, 0.15) is 40.6 Å². The molecule has 472 valence electrons. The molecule has 0 saturated heterocycles. The van der Waals surface area contributed by atoms with Gasteiger partial charge in [0.2, 0.25) is 5.75 Å². The van der Waals surface area contributed by atoms with Crippen LogP contribution in [0.25, 0.3) is 6.08 Å². The van der Waals surface area contributed by atoms with Crippen LogP contribution in [0.3, 0.4) is 0 Å². The summed E-state index contributed by atoms with van der Waals surface area (Å²) in [7, 11) is 15.8. The van der Waals surface area contributed by atoms with Crippen LogP contribution < -0.4 is 37.9 Å². The van der Waals surface area contributed by atoms with Gasteiger partial charge >= 0.3 is 0 Å². The van der Waals surface area contributed by atoms with E-state index in [0.29, 0.717) is 77.6 Å². The molecule has 20 heteroatoms. The fourth-order valence-corrected chi connectivity index (χ4v) is 6.54. The summed E-state index contributed by atoms with van der Waals surface area (Å²) >= 11 is 17.4. The molecule has 0 N–H and O–H groups in total. The fraction of sp³-hybridized carbons (Fsp3) is 0.333. The van der Waals surface area contributed by atoms with Crippen LogP contribution in [0.5, 0.6) is 46.0 Å². The van der Waals surface area contributed by atoms with Crippen molar-refractivity contribution >= 4 is 40.9 Å². The van der Waals surface area contributed by atoms with Crippen molar-refractivity contribution in [1.29, 1.82) is 0 Å².